The number of hydrogen-bond donors (Lipinski definition) is 3. The van der Waals surface area contributed by atoms with Crippen LogP contribution in [0.4, 0.5) is 17.1 Å². The lowest BCUT2D eigenvalue weighted by Crippen LogP contribution is -2.08. The van der Waals surface area contributed by atoms with Gasteiger partial charge in [0.25, 0.3) is 5.69 Å². The number of hydrogen-bond acceptors (Lipinski definition) is 6. The van der Waals surface area contributed by atoms with Crippen LogP contribution in [-0.2, 0) is 13.0 Å². The number of nitro groups is 1. The Morgan fingerprint density at radius 3 is 2.75 bits per heavy atom. The summed E-state index contributed by atoms with van der Waals surface area (Å²) in [7, 11) is 0. The summed E-state index contributed by atoms with van der Waals surface area (Å²) in [6, 6.07) is 6.74. The molecule has 106 valence electrons. The SMILES string of the molecule is CCc1ccsc1CNc1cc(NN)cc([N+](=O)[O-])c1. The van der Waals surface area contributed by atoms with Crippen molar-refractivity contribution >= 4 is 28.4 Å². The highest BCUT2D eigenvalue weighted by Crippen LogP contribution is 2.25. The molecule has 0 saturated heterocycles. The zero-order valence-corrected chi connectivity index (χ0v) is 11.9. The van der Waals surface area contributed by atoms with E-state index in [0.29, 0.717) is 17.9 Å². The van der Waals surface area contributed by atoms with Gasteiger partial charge in [0.05, 0.1) is 10.6 Å². The van der Waals surface area contributed by atoms with Crippen molar-refractivity contribution in [2.24, 2.45) is 5.84 Å². The summed E-state index contributed by atoms with van der Waals surface area (Å²) in [5.41, 5.74) is 4.91. The number of non-ortho nitro benzene ring substituents is 1. The van der Waals surface area contributed by atoms with Crippen molar-refractivity contribution in [3.05, 3.63) is 50.2 Å². The first-order valence-corrected chi connectivity index (χ1v) is 7.07. The van der Waals surface area contributed by atoms with E-state index in [9.17, 15) is 10.1 Å². The van der Waals surface area contributed by atoms with Crippen molar-refractivity contribution in [2.45, 2.75) is 19.9 Å². The summed E-state index contributed by atoms with van der Waals surface area (Å²) in [5.74, 6) is 5.33. The molecule has 0 aliphatic heterocycles. The Balaban J connectivity index is 2.16. The number of nitrogens with one attached hydrogen (secondary N) is 2. The fourth-order valence-corrected chi connectivity index (χ4v) is 2.84. The number of hydrazine groups is 1. The van der Waals surface area contributed by atoms with Crippen LogP contribution in [0.2, 0.25) is 0 Å². The largest absolute Gasteiger partial charge is 0.380 e. The van der Waals surface area contributed by atoms with Gasteiger partial charge in [-0.1, -0.05) is 6.92 Å². The lowest BCUT2D eigenvalue weighted by molar-refractivity contribution is -0.384. The second-order valence-electron chi connectivity index (χ2n) is 4.25. The molecule has 0 spiro atoms. The lowest BCUT2D eigenvalue weighted by Gasteiger charge is -2.09. The smallest absolute Gasteiger partial charge is 0.273 e. The molecule has 0 aliphatic rings. The van der Waals surface area contributed by atoms with Crippen LogP contribution in [0.1, 0.15) is 17.4 Å². The number of nitrogens with zero attached hydrogens (tertiary/aromatic N) is 1. The van der Waals surface area contributed by atoms with Gasteiger partial charge < -0.3 is 10.7 Å². The molecule has 0 aliphatic carbocycles. The van der Waals surface area contributed by atoms with Gasteiger partial charge in [-0.3, -0.25) is 16.0 Å². The maximum atomic E-state index is 10.9. The van der Waals surface area contributed by atoms with Gasteiger partial charge in [0.2, 0.25) is 0 Å². The highest BCUT2D eigenvalue weighted by atomic mass is 32.1. The summed E-state index contributed by atoms with van der Waals surface area (Å²) < 4.78 is 0. The number of thiophene rings is 1. The Morgan fingerprint density at radius 1 is 1.35 bits per heavy atom. The molecule has 7 heteroatoms. The van der Waals surface area contributed by atoms with Crippen molar-refractivity contribution in [2.75, 3.05) is 10.7 Å². The third-order valence-corrected chi connectivity index (χ3v) is 3.93. The molecule has 0 saturated carbocycles. The fraction of sp³-hybridized carbons (Fsp3) is 0.231. The van der Waals surface area contributed by atoms with Gasteiger partial charge in [-0.15, -0.1) is 11.3 Å². The molecule has 0 bridgehead atoms. The van der Waals surface area contributed by atoms with E-state index in [0.717, 1.165) is 6.42 Å². The average molecular weight is 292 g/mol. The summed E-state index contributed by atoms with van der Waals surface area (Å²) in [4.78, 5) is 11.7. The van der Waals surface area contributed by atoms with Crippen LogP contribution in [0, 0.1) is 10.1 Å². The van der Waals surface area contributed by atoms with E-state index in [4.69, 9.17) is 5.84 Å². The van der Waals surface area contributed by atoms with Crippen molar-refractivity contribution in [3.63, 3.8) is 0 Å². The Hall–Kier alpha value is -2.12. The monoisotopic (exact) mass is 292 g/mol. The van der Waals surface area contributed by atoms with E-state index in [1.165, 1.54) is 22.6 Å². The summed E-state index contributed by atoms with van der Waals surface area (Å²) in [6.45, 7) is 2.75. The Bertz CT molecular complexity index is 612. The van der Waals surface area contributed by atoms with Gasteiger partial charge in [0.15, 0.2) is 0 Å². The zero-order chi connectivity index (χ0) is 14.5. The van der Waals surface area contributed by atoms with Gasteiger partial charge in [0, 0.05) is 29.2 Å². The Kier molecular flexibility index (Phi) is 4.54. The molecule has 1 aromatic carbocycles. The third-order valence-electron chi connectivity index (χ3n) is 2.97. The molecule has 0 unspecified atom stereocenters. The summed E-state index contributed by atoms with van der Waals surface area (Å²) >= 11 is 1.68. The predicted octanol–water partition coefficient (Wildman–Crippen LogP) is 3.12. The zero-order valence-electron chi connectivity index (χ0n) is 11.1. The van der Waals surface area contributed by atoms with Gasteiger partial charge in [-0.25, -0.2) is 0 Å². The van der Waals surface area contributed by atoms with E-state index in [1.807, 2.05) is 0 Å². The highest BCUT2D eigenvalue weighted by Gasteiger charge is 2.10. The van der Waals surface area contributed by atoms with Crippen LogP contribution in [0.3, 0.4) is 0 Å². The van der Waals surface area contributed by atoms with E-state index >= 15 is 0 Å². The topological polar surface area (TPSA) is 93.2 Å². The fourth-order valence-electron chi connectivity index (χ4n) is 1.92. The van der Waals surface area contributed by atoms with E-state index < -0.39 is 4.92 Å². The van der Waals surface area contributed by atoms with Crippen LogP contribution in [0.25, 0.3) is 0 Å². The van der Waals surface area contributed by atoms with Crippen molar-refractivity contribution in [3.8, 4) is 0 Å². The van der Waals surface area contributed by atoms with E-state index in [1.54, 1.807) is 17.4 Å². The molecular weight excluding hydrogens is 276 g/mol. The van der Waals surface area contributed by atoms with Gasteiger partial charge in [-0.05, 0) is 29.5 Å². The number of anilines is 2. The molecular formula is C13H16N4O2S. The molecule has 0 amide bonds. The van der Waals surface area contributed by atoms with Crippen LogP contribution in [0.5, 0.6) is 0 Å². The van der Waals surface area contributed by atoms with Crippen molar-refractivity contribution in [1.29, 1.82) is 0 Å². The number of benzene rings is 1. The molecule has 2 rings (SSSR count). The predicted molar refractivity (Wildman–Crippen MR) is 81.9 cm³/mol. The minimum atomic E-state index is -0.436. The second kappa shape index (κ2) is 6.36. The minimum absolute atomic E-state index is 0.00449. The lowest BCUT2D eigenvalue weighted by atomic mass is 10.2. The van der Waals surface area contributed by atoms with E-state index in [2.05, 4.69) is 29.1 Å². The molecule has 20 heavy (non-hydrogen) atoms. The number of rotatable bonds is 6. The van der Waals surface area contributed by atoms with Crippen molar-refractivity contribution < 1.29 is 4.92 Å². The number of nitro benzene ring substituents is 1. The van der Waals surface area contributed by atoms with Gasteiger partial charge in [-0.2, -0.15) is 0 Å². The third kappa shape index (κ3) is 3.25. The standard InChI is InChI=1S/C13H16N4O2S/c1-2-9-3-4-20-13(9)8-15-10-5-11(16-14)7-12(6-10)17(18)19/h3-7,15-16H,2,8,14H2,1H3. The quantitative estimate of drug-likeness (QED) is 0.432. The average Bonchev–Trinajstić information content (AvgIpc) is 2.92. The van der Waals surface area contributed by atoms with E-state index in [-0.39, 0.29) is 5.69 Å². The molecule has 0 radical (unpaired) electrons. The number of nitrogen functional groups attached to an aromatic ring is 1. The maximum Gasteiger partial charge on any atom is 0.273 e. The molecule has 2 aromatic rings. The molecule has 0 fully saturated rings. The Morgan fingerprint density at radius 2 is 2.10 bits per heavy atom. The molecule has 4 N–H and O–H groups in total. The second-order valence-corrected chi connectivity index (χ2v) is 5.25. The van der Waals surface area contributed by atoms with Crippen molar-refractivity contribution in [1.82, 2.24) is 0 Å². The number of aryl methyl sites for hydroxylation is 1. The maximum absolute atomic E-state index is 10.9. The Labute approximate surface area is 120 Å². The summed E-state index contributed by atoms with van der Waals surface area (Å²) in [6.07, 6.45) is 0.977. The van der Waals surface area contributed by atoms with Crippen LogP contribution in [0.15, 0.2) is 29.6 Å². The van der Waals surface area contributed by atoms with Gasteiger partial charge >= 0.3 is 0 Å². The highest BCUT2D eigenvalue weighted by molar-refractivity contribution is 7.10. The molecule has 1 aromatic heterocycles. The summed E-state index contributed by atoms with van der Waals surface area (Å²) in [5, 5.41) is 16.1. The minimum Gasteiger partial charge on any atom is -0.380 e. The first kappa shape index (κ1) is 14.3. The molecule has 1 heterocycles. The van der Waals surface area contributed by atoms with Crippen LogP contribution < -0.4 is 16.6 Å². The van der Waals surface area contributed by atoms with Crippen LogP contribution in [-0.4, -0.2) is 4.92 Å². The van der Waals surface area contributed by atoms with Crippen LogP contribution >= 0.6 is 11.3 Å². The normalized spacial score (nSPS) is 10.3. The molecule has 6 nitrogen and oxygen atoms in total. The first-order chi connectivity index (χ1) is 9.63. The molecule has 0 atom stereocenters. The first-order valence-electron chi connectivity index (χ1n) is 6.19. The number of nitrogens with two attached hydrogens (primary N) is 1. The van der Waals surface area contributed by atoms with Gasteiger partial charge in [0.1, 0.15) is 0 Å².